The van der Waals surface area contributed by atoms with Crippen LogP contribution in [-0.2, 0) is 0 Å². The Morgan fingerprint density at radius 3 is 2.80 bits per heavy atom. The maximum atomic E-state index is 12.1. The summed E-state index contributed by atoms with van der Waals surface area (Å²) in [6.45, 7) is 0. The van der Waals surface area contributed by atoms with Crippen molar-refractivity contribution >= 4 is 52.0 Å². The van der Waals surface area contributed by atoms with E-state index in [-0.39, 0.29) is 10.6 Å². The normalized spacial score (nSPS) is 10.7. The van der Waals surface area contributed by atoms with Gasteiger partial charge in [0.25, 0.3) is 5.91 Å². The van der Waals surface area contributed by atoms with Crippen molar-refractivity contribution in [3.63, 3.8) is 0 Å². The maximum Gasteiger partial charge on any atom is 0.312 e. The van der Waals surface area contributed by atoms with Gasteiger partial charge in [0.05, 0.1) is 21.8 Å². The number of hydrazone groups is 1. The zero-order valence-corrected chi connectivity index (χ0v) is 15.6. The summed E-state index contributed by atoms with van der Waals surface area (Å²) in [6, 6.07) is 7.16. The van der Waals surface area contributed by atoms with Crippen LogP contribution in [0, 0.1) is 13.7 Å². The lowest BCUT2D eigenvalue weighted by molar-refractivity contribution is -0.385. The maximum absolute atomic E-state index is 12.1. The highest BCUT2D eigenvalue weighted by Crippen LogP contribution is 2.32. The first kappa shape index (κ1) is 18.9. The number of nitro benzene ring substituents is 1. The molecule has 0 aromatic heterocycles. The van der Waals surface area contributed by atoms with Crippen molar-refractivity contribution in [2.24, 2.45) is 5.10 Å². The van der Waals surface area contributed by atoms with Gasteiger partial charge in [0.1, 0.15) is 5.75 Å². The first-order valence-electron chi connectivity index (χ1n) is 6.67. The van der Waals surface area contributed by atoms with Crippen molar-refractivity contribution < 1.29 is 19.6 Å². The SMILES string of the molecule is COc1cc(C(=O)N/N=C\c2cc(Cl)cc([N+](=O)[O-])c2O)ccc1I. The van der Waals surface area contributed by atoms with Crippen molar-refractivity contribution in [1.82, 2.24) is 5.43 Å². The van der Waals surface area contributed by atoms with Crippen LogP contribution >= 0.6 is 34.2 Å². The van der Waals surface area contributed by atoms with Crippen molar-refractivity contribution in [2.45, 2.75) is 0 Å². The Hall–Kier alpha value is -2.40. The Bertz CT molecular complexity index is 872. The van der Waals surface area contributed by atoms with Crippen LogP contribution in [0.1, 0.15) is 15.9 Å². The van der Waals surface area contributed by atoms with Gasteiger partial charge in [-0.15, -0.1) is 0 Å². The van der Waals surface area contributed by atoms with E-state index in [9.17, 15) is 20.0 Å². The molecule has 2 aromatic carbocycles. The quantitative estimate of drug-likeness (QED) is 0.298. The average molecular weight is 476 g/mol. The van der Waals surface area contributed by atoms with Gasteiger partial charge in [-0.05, 0) is 46.9 Å². The smallest absolute Gasteiger partial charge is 0.312 e. The number of phenols is 1. The molecule has 0 fully saturated rings. The van der Waals surface area contributed by atoms with Gasteiger partial charge in [0.15, 0.2) is 0 Å². The second-order valence-electron chi connectivity index (χ2n) is 4.67. The first-order chi connectivity index (χ1) is 11.8. The summed E-state index contributed by atoms with van der Waals surface area (Å²) in [6.07, 6.45) is 1.07. The standard InChI is InChI=1S/C15H11ClIN3O5/c1-25-13-5-8(2-3-11(13)17)15(22)19-18-7-9-4-10(16)6-12(14(9)21)20(23)24/h2-7,21H,1H3,(H,19,22)/b18-7-. The zero-order valence-electron chi connectivity index (χ0n) is 12.7. The number of benzene rings is 2. The van der Waals surface area contributed by atoms with Gasteiger partial charge in [0, 0.05) is 22.2 Å². The highest BCUT2D eigenvalue weighted by atomic mass is 127. The molecule has 0 atom stereocenters. The lowest BCUT2D eigenvalue weighted by Gasteiger charge is -2.06. The number of carbonyl (C=O) groups excluding carboxylic acids is 1. The molecule has 0 saturated carbocycles. The topological polar surface area (TPSA) is 114 Å². The predicted octanol–water partition coefficient (Wildman–Crippen LogP) is 3.33. The Balaban J connectivity index is 2.18. The van der Waals surface area contributed by atoms with Gasteiger partial charge < -0.3 is 9.84 Å². The number of methoxy groups -OCH3 is 1. The summed E-state index contributed by atoms with van der Waals surface area (Å²) in [5.41, 5.74) is 2.02. The van der Waals surface area contributed by atoms with Gasteiger partial charge in [-0.1, -0.05) is 11.6 Å². The molecule has 0 saturated heterocycles. The number of halogens is 2. The Morgan fingerprint density at radius 1 is 1.44 bits per heavy atom. The number of ether oxygens (including phenoxy) is 1. The lowest BCUT2D eigenvalue weighted by atomic mass is 10.2. The van der Waals surface area contributed by atoms with Crippen LogP contribution in [0.25, 0.3) is 0 Å². The Morgan fingerprint density at radius 2 is 2.16 bits per heavy atom. The average Bonchev–Trinajstić information content (AvgIpc) is 2.57. The van der Waals surface area contributed by atoms with E-state index in [4.69, 9.17) is 16.3 Å². The molecule has 0 bridgehead atoms. The number of amides is 1. The van der Waals surface area contributed by atoms with E-state index < -0.39 is 22.3 Å². The molecule has 10 heteroatoms. The molecule has 0 unspecified atom stereocenters. The monoisotopic (exact) mass is 475 g/mol. The number of carbonyl (C=O) groups is 1. The molecule has 2 rings (SSSR count). The zero-order chi connectivity index (χ0) is 18.6. The molecular weight excluding hydrogens is 465 g/mol. The molecule has 0 aliphatic heterocycles. The van der Waals surface area contributed by atoms with E-state index in [0.717, 1.165) is 15.9 Å². The largest absolute Gasteiger partial charge is 0.502 e. The second kappa shape index (κ2) is 8.12. The van der Waals surface area contributed by atoms with Gasteiger partial charge >= 0.3 is 5.69 Å². The minimum atomic E-state index is -0.769. The number of nitrogens with zero attached hydrogens (tertiary/aromatic N) is 2. The summed E-state index contributed by atoms with van der Waals surface area (Å²) in [7, 11) is 1.49. The van der Waals surface area contributed by atoms with E-state index in [1.54, 1.807) is 18.2 Å². The van der Waals surface area contributed by atoms with E-state index >= 15 is 0 Å². The third kappa shape index (κ3) is 4.57. The van der Waals surface area contributed by atoms with Crippen molar-refractivity contribution in [3.05, 3.63) is 60.2 Å². The molecule has 130 valence electrons. The van der Waals surface area contributed by atoms with Gasteiger partial charge in [-0.2, -0.15) is 5.10 Å². The van der Waals surface area contributed by atoms with Crippen LogP contribution in [0.4, 0.5) is 5.69 Å². The molecule has 25 heavy (non-hydrogen) atoms. The summed E-state index contributed by atoms with van der Waals surface area (Å²) in [4.78, 5) is 22.1. The summed E-state index contributed by atoms with van der Waals surface area (Å²) in [5.74, 6) is -0.564. The molecule has 2 aromatic rings. The van der Waals surface area contributed by atoms with Crippen LogP contribution in [0.2, 0.25) is 5.02 Å². The summed E-state index contributed by atoms with van der Waals surface area (Å²) in [5, 5.41) is 24.4. The van der Waals surface area contributed by atoms with E-state index in [1.807, 2.05) is 0 Å². The van der Waals surface area contributed by atoms with E-state index in [0.29, 0.717) is 11.3 Å². The molecule has 0 aliphatic rings. The van der Waals surface area contributed by atoms with Crippen LogP contribution in [0.3, 0.4) is 0 Å². The third-order valence-corrected chi connectivity index (χ3v) is 4.17. The fraction of sp³-hybridized carbons (Fsp3) is 0.0667. The fourth-order valence-corrected chi connectivity index (χ4v) is 2.65. The van der Waals surface area contributed by atoms with E-state index in [1.165, 1.54) is 13.2 Å². The number of phenolic OH excluding ortho intramolecular Hbond substituents is 1. The van der Waals surface area contributed by atoms with Crippen molar-refractivity contribution in [2.75, 3.05) is 7.11 Å². The Labute approximate surface area is 160 Å². The highest BCUT2D eigenvalue weighted by Gasteiger charge is 2.17. The lowest BCUT2D eigenvalue weighted by Crippen LogP contribution is -2.17. The molecule has 0 aliphatic carbocycles. The van der Waals surface area contributed by atoms with Crippen LogP contribution in [0.15, 0.2) is 35.4 Å². The number of nitro groups is 1. The summed E-state index contributed by atoms with van der Waals surface area (Å²) < 4.78 is 5.98. The molecule has 0 spiro atoms. The predicted molar refractivity (Wildman–Crippen MR) is 101 cm³/mol. The number of aromatic hydroxyl groups is 1. The molecular formula is C15H11ClIN3O5. The van der Waals surface area contributed by atoms with E-state index in [2.05, 4.69) is 33.1 Å². The van der Waals surface area contributed by atoms with Crippen molar-refractivity contribution in [1.29, 1.82) is 0 Å². The number of rotatable bonds is 5. The number of hydrogen-bond acceptors (Lipinski definition) is 6. The molecule has 8 nitrogen and oxygen atoms in total. The number of hydrogen-bond donors (Lipinski definition) is 2. The van der Waals surface area contributed by atoms with Crippen molar-refractivity contribution in [3.8, 4) is 11.5 Å². The molecule has 0 radical (unpaired) electrons. The minimum absolute atomic E-state index is 0.000286. The van der Waals surface area contributed by atoms with Gasteiger partial charge in [-0.25, -0.2) is 5.43 Å². The van der Waals surface area contributed by atoms with Gasteiger partial charge in [0.2, 0.25) is 5.75 Å². The molecule has 1 amide bonds. The van der Waals surface area contributed by atoms with Gasteiger partial charge in [-0.3, -0.25) is 14.9 Å². The van der Waals surface area contributed by atoms with Crippen LogP contribution in [-0.4, -0.2) is 29.3 Å². The Kier molecular flexibility index (Phi) is 6.15. The summed E-state index contributed by atoms with van der Waals surface area (Å²) >= 11 is 7.84. The minimum Gasteiger partial charge on any atom is -0.502 e. The second-order valence-corrected chi connectivity index (χ2v) is 6.27. The third-order valence-electron chi connectivity index (χ3n) is 3.06. The van der Waals surface area contributed by atoms with Crippen LogP contribution in [0.5, 0.6) is 11.5 Å². The highest BCUT2D eigenvalue weighted by molar-refractivity contribution is 14.1. The molecule has 2 N–H and O–H groups in total. The van der Waals surface area contributed by atoms with Crippen LogP contribution < -0.4 is 10.2 Å². The first-order valence-corrected chi connectivity index (χ1v) is 8.13. The molecule has 0 heterocycles. The fourth-order valence-electron chi connectivity index (χ4n) is 1.87. The number of nitrogens with one attached hydrogen (secondary N) is 1.